The highest BCUT2D eigenvalue weighted by Crippen LogP contribution is 2.30. The zero-order valence-electron chi connectivity index (χ0n) is 23.6. The van der Waals surface area contributed by atoms with E-state index in [1.165, 1.54) is 0 Å². The lowest BCUT2D eigenvalue weighted by Gasteiger charge is -2.22. The number of carbonyl (C=O) groups is 2. The van der Waals surface area contributed by atoms with Crippen molar-refractivity contribution in [3.05, 3.63) is 103 Å². The summed E-state index contributed by atoms with van der Waals surface area (Å²) in [6, 6.07) is 18.5. The molecule has 0 spiro atoms. The van der Waals surface area contributed by atoms with E-state index < -0.39 is 18.2 Å². The van der Waals surface area contributed by atoms with E-state index in [-0.39, 0.29) is 25.0 Å². The van der Waals surface area contributed by atoms with Crippen molar-refractivity contribution in [2.75, 3.05) is 31.1 Å². The molecular formula is C30H32F3N5O6. The Kier molecular flexibility index (Phi) is 13.1. The van der Waals surface area contributed by atoms with Gasteiger partial charge in [-0.2, -0.15) is 13.2 Å². The molecule has 0 radical (unpaired) electrons. The van der Waals surface area contributed by atoms with Crippen molar-refractivity contribution < 1.29 is 42.1 Å². The minimum absolute atomic E-state index is 0.0436. The highest BCUT2D eigenvalue weighted by molar-refractivity contribution is 5.95. The maximum absolute atomic E-state index is 13.5. The van der Waals surface area contributed by atoms with Gasteiger partial charge < -0.3 is 30.4 Å². The summed E-state index contributed by atoms with van der Waals surface area (Å²) < 4.78 is 48.6. The highest BCUT2D eigenvalue weighted by Gasteiger charge is 2.38. The molecule has 0 fully saturated rings. The normalized spacial score (nSPS) is 11.0. The van der Waals surface area contributed by atoms with E-state index in [1.54, 1.807) is 73.9 Å². The van der Waals surface area contributed by atoms with Crippen LogP contribution in [0.2, 0.25) is 0 Å². The number of methoxy groups -OCH3 is 1. The Balaban J connectivity index is 0.000000860. The first kappa shape index (κ1) is 34.5. The number of carboxylic acid groups (broad SMARTS) is 1. The van der Waals surface area contributed by atoms with Crippen LogP contribution >= 0.6 is 0 Å². The van der Waals surface area contributed by atoms with E-state index in [0.717, 1.165) is 0 Å². The number of para-hydroxylation sites is 2. The van der Waals surface area contributed by atoms with Gasteiger partial charge in [-0.1, -0.05) is 37.4 Å². The van der Waals surface area contributed by atoms with Gasteiger partial charge in [-0.05, 0) is 54.1 Å². The van der Waals surface area contributed by atoms with E-state index in [4.69, 9.17) is 35.3 Å². The number of anilines is 2. The summed E-state index contributed by atoms with van der Waals surface area (Å²) in [6.45, 7) is 7.95. The molecule has 0 aliphatic heterocycles. The molecular weight excluding hydrogens is 583 g/mol. The van der Waals surface area contributed by atoms with Gasteiger partial charge in [-0.25, -0.2) is 4.79 Å². The number of nitrogen functional groups attached to an aromatic ring is 1. The second-order valence-corrected chi connectivity index (χ2v) is 8.62. The van der Waals surface area contributed by atoms with Gasteiger partial charge in [0.25, 0.3) is 5.91 Å². The van der Waals surface area contributed by atoms with E-state index in [1.807, 2.05) is 12.1 Å². The Hall–Kier alpha value is -5.66. The molecule has 0 bridgehead atoms. The first-order chi connectivity index (χ1) is 20.9. The molecule has 14 heteroatoms. The number of amides is 1. The van der Waals surface area contributed by atoms with Crippen molar-refractivity contribution in [3.63, 3.8) is 0 Å². The van der Waals surface area contributed by atoms with Crippen molar-refractivity contribution in [2.45, 2.75) is 12.2 Å². The number of nitrogens with one attached hydrogen (secondary N) is 4. The number of aliphatic carboxylic acids is 1. The number of hydrogen-bond acceptors (Lipinski definition) is 8. The summed E-state index contributed by atoms with van der Waals surface area (Å²) in [5.74, 6) is -1.57. The van der Waals surface area contributed by atoms with Gasteiger partial charge in [-0.3, -0.25) is 21.1 Å². The van der Waals surface area contributed by atoms with Crippen LogP contribution in [0.4, 0.5) is 24.5 Å². The van der Waals surface area contributed by atoms with Crippen LogP contribution in [0.3, 0.4) is 0 Å². The summed E-state index contributed by atoms with van der Waals surface area (Å²) in [7, 11) is 1.55. The Morgan fingerprint density at radius 1 is 1.00 bits per heavy atom. The second kappa shape index (κ2) is 16.7. The number of ether oxygens (including phenoxy) is 3. The van der Waals surface area contributed by atoms with Gasteiger partial charge in [0.05, 0.1) is 12.8 Å². The van der Waals surface area contributed by atoms with Crippen LogP contribution in [-0.4, -0.2) is 49.3 Å². The van der Waals surface area contributed by atoms with Gasteiger partial charge in [0.2, 0.25) is 0 Å². The van der Waals surface area contributed by atoms with Crippen LogP contribution in [0.15, 0.2) is 92.0 Å². The largest absolute Gasteiger partial charge is 0.495 e. The van der Waals surface area contributed by atoms with Crippen LogP contribution in [0.5, 0.6) is 17.2 Å². The quantitative estimate of drug-likeness (QED) is 0.0630. The van der Waals surface area contributed by atoms with Gasteiger partial charge in [0.15, 0.2) is 0 Å². The fourth-order valence-electron chi connectivity index (χ4n) is 3.40. The second-order valence-electron chi connectivity index (χ2n) is 8.62. The Morgan fingerprint density at radius 3 is 2.02 bits per heavy atom. The van der Waals surface area contributed by atoms with Crippen molar-refractivity contribution in [1.29, 1.82) is 5.41 Å². The number of rotatable bonds is 14. The number of carbonyl (C=O) groups excluding carboxylic acids is 1. The Labute approximate surface area is 251 Å². The number of amidine groups is 1. The summed E-state index contributed by atoms with van der Waals surface area (Å²) >= 11 is 0. The lowest BCUT2D eigenvalue weighted by atomic mass is 10.0. The third-order valence-electron chi connectivity index (χ3n) is 5.41. The number of halogens is 3. The summed E-state index contributed by atoms with van der Waals surface area (Å²) in [5, 5.41) is 18.0. The summed E-state index contributed by atoms with van der Waals surface area (Å²) in [4.78, 5) is 22.4. The SMILES string of the molecule is C=CCOc1cc(OCC=C)cc(C(Nc2ccc(C(=N)N)cc2)C(=O)NNc2ccccc2OC)c1.O=C(O)C(F)(F)F. The number of benzene rings is 3. The number of carboxylic acids is 1. The zero-order valence-corrected chi connectivity index (χ0v) is 23.6. The monoisotopic (exact) mass is 615 g/mol. The molecule has 3 rings (SSSR count). The number of alkyl halides is 3. The van der Waals surface area contributed by atoms with Crippen LogP contribution in [-0.2, 0) is 9.59 Å². The molecule has 1 unspecified atom stereocenters. The molecule has 11 nitrogen and oxygen atoms in total. The molecule has 1 amide bonds. The van der Waals surface area contributed by atoms with E-state index in [0.29, 0.717) is 39.8 Å². The highest BCUT2D eigenvalue weighted by atomic mass is 19.4. The van der Waals surface area contributed by atoms with Crippen LogP contribution in [0.1, 0.15) is 17.2 Å². The van der Waals surface area contributed by atoms with Crippen molar-refractivity contribution in [2.24, 2.45) is 5.73 Å². The minimum atomic E-state index is -5.08. The standard InChI is InChI=1S/C28H31N5O4.C2HF3O2/c1-4-14-36-22-16-20(17-23(18-22)37-15-5-2)26(31-21-12-10-19(11-13-21)27(29)30)28(34)33-32-24-8-6-7-9-25(24)35-3;3-2(4,5)1(6)7/h4-13,16-18,26,31-32H,1-2,14-15H2,3H3,(H3,29,30)(H,33,34);(H,6,7). The molecule has 3 aromatic carbocycles. The molecule has 0 aliphatic rings. The molecule has 7 N–H and O–H groups in total. The molecule has 3 aromatic rings. The van der Waals surface area contributed by atoms with Crippen LogP contribution < -0.4 is 36.1 Å². The van der Waals surface area contributed by atoms with E-state index in [9.17, 15) is 18.0 Å². The lowest BCUT2D eigenvalue weighted by Crippen LogP contribution is -2.37. The number of nitrogens with two attached hydrogens (primary N) is 1. The minimum Gasteiger partial charge on any atom is -0.495 e. The fraction of sp³-hybridized carbons (Fsp3) is 0.167. The van der Waals surface area contributed by atoms with Gasteiger partial charge in [0.1, 0.15) is 42.3 Å². The molecule has 44 heavy (non-hydrogen) atoms. The van der Waals surface area contributed by atoms with Gasteiger partial charge in [0, 0.05) is 17.3 Å². The van der Waals surface area contributed by atoms with Gasteiger partial charge in [-0.15, -0.1) is 0 Å². The zero-order chi connectivity index (χ0) is 32.7. The topological polar surface area (TPSA) is 168 Å². The molecule has 0 saturated heterocycles. The maximum Gasteiger partial charge on any atom is 0.490 e. The third-order valence-corrected chi connectivity index (χ3v) is 5.41. The first-order valence-electron chi connectivity index (χ1n) is 12.7. The Bertz CT molecular complexity index is 1420. The molecule has 1 atom stereocenters. The number of hydrazine groups is 1. The maximum atomic E-state index is 13.5. The van der Waals surface area contributed by atoms with Crippen molar-refractivity contribution >= 4 is 29.1 Å². The fourth-order valence-corrected chi connectivity index (χ4v) is 3.40. The average molecular weight is 616 g/mol. The average Bonchev–Trinajstić information content (AvgIpc) is 3.00. The van der Waals surface area contributed by atoms with Crippen molar-refractivity contribution in [1.82, 2.24) is 5.43 Å². The van der Waals surface area contributed by atoms with Gasteiger partial charge >= 0.3 is 12.1 Å². The Morgan fingerprint density at radius 2 is 1.55 bits per heavy atom. The van der Waals surface area contributed by atoms with E-state index in [2.05, 4.69) is 29.3 Å². The van der Waals surface area contributed by atoms with Crippen LogP contribution in [0.25, 0.3) is 0 Å². The molecule has 0 aliphatic carbocycles. The lowest BCUT2D eigenvalue weighted by molar-refractivity contribution is -0.192. The van der Waals surface area contributed by atoms with E-state index >= 15 is 0 Å². The molecule has 0 saturated carbocycles. The first-order valence-corrected chi connectivity index (χ1v) is 12.7. The predicted molar refractivity (Wildman–Crippen MR) is 160 cm³/mol. The van der Waals surface area contributed by atoms with Crippen molar-refractivity contribution in [3.8, 4) is 17.2 Å². The third kappa shape index (κ3) is 11.0. The van der Waals surface area contributed by atoms with Crippen LogP contribution in [0, 0.1) is 5.41 Å². The number of hydrogen-bond donors (Lipinski definition) is 6. The molecule has 0 aromatic heterocycles. The predicted octanol–water partition coefficient (Wildman–Crippen LogP) is 5.04. The summed E-state index contributed by atoms with van der Waals surface area (Å²) in [5.41, 5.74) is 13.7. The smallest absolute Gasteiger partial charge is 0.490 e. The molecule has 0 heterocycles. The molecule has 234 valence electrons. The summed E-state index contributed by atoms with van der Waals surface area (Å²) in [6.07, 6.45) is -1.82.